The Morgan fingerprint density at radius 1 is 1.31 bits per heavy atom. The van der Waals surface area contributed by atoms with Crippen LogP contribution in [0.15, 0.2) is 29.4 Å². The number of hydrogen-bond donors (Lipinski definition) is 4. The van der Waals surface area contributed by atoms with Crippen LogP contribution in [0.4, 0.5) is 17.5 Å². The fourth-order valence-corrected chi connectivity index (χ4v) is 2.58. The van der Waals surface area contributed by atoms with Crippen molar-refractivity contribution in [2.45, 2.75) is 25.9 Å². The minimum absolute atomic E-state index is 0.138. The van der Waals surface area contributed by atoms with Crippen LogP contribution in [-0.2, 0) is 11.3 Å². The molecule has 2 heterocycles. The lowest BCUT2D eigenvalue weighted by atomic mass is 10.1. The number of anilines is 3. The molecule has 1 aromatic heterocycles. The van der Waals surface area contributed by atoms with Crippen molar-refractivity contribution in [2.75, 3.05) is 10.6 Å². The van der Waals surface area contributed by atoms with Gasteiger partial charge in [0, 0.05) is 18.1 Å². The fourth-order valence-electron chi connectivity index (χ4n) is 2.58. The third kappa shape index (κ3) is 3.61. The minimum atomic E-state index is -0.662. The topological polar surface area (TPSA) is 148 Å². The van der Waals surface area contributed by atoms with E-state index in [-0.39, 0.29) is 17.3 Å². The molecule has 9 heteroatoms. The van der Waals surface area contributed by atoms with Gasteiger partial charge in [0.2, 0.25) is 11.9 Å². The molecule has 0 aliphatic carbocycles. The number of aromatic nitrogens is 2. The van der Waals surface area contributed by atoms with E-state index >= 15 is 0 Å². The summed E-state index contributed by atoms with van der Waals surface area (Å²) >= 11 is 0. The van der Waals surface area contributed by atoms with Gasteiger partial charge in [0.15, 0.2) is 0 Å². The maximum absolute atomic E-state index is 11.7. The van der Waals surface area contributed by atoms with Gasteiger partial charge in [-0.1, -0.05) is 13.0 Å². The monoisotopic (exact) mass is 353 g/mol. The van der Waals surface area contributed by atoms with Gasteiger partial charge in [0.25, 0.3) is 5.91 Å². The third-order valence-corrected chi connectivity index (χ3v) is 4.01. The van der Waals surface area contributed by atoms with Gasteiger partial charge in [-0.3, -0.25) is 14.6 Å². The summed E-state index contributed by atoms with van der Waals surface area (Å²) < 4.78 is 0. The molecular weight excluding hydrogens is 334 g/mol. The second-order valence-corrected chi connectivity index (χ2v) is 5.84. The summed E-state index contributed by atoms with van der Waals surface area (Å²) in [5.41, 5.74) is 13.7. The predicted molar refractivity (Wildman–Crippen MR) is 98.5 cm³/mol. The first-order chi connectivity index (χ1) is 12.5. The lowest BCUT2D eigenvalue weighted by Gasteiger charge is -2.15. The van der Waals surface area contributed by atoms with Gasteiger partial charge in [-0.05, 0) is 29.7 Å². The highest BCUT2D eigenvalue weighted by molar-refractivity contribution is 5.98. The molecule has 1 aromatic carbocycles. The van der Waals surface area contributed by atoms with Gasteiger partial charge >= 0.3 is 0 Å². The minimum Gasteiger partial charge on any atom is -0.368 e. The molecule has 0 radical (unpaired) electrons. The Balaban J connectivity index is 1.89. The van der Waals surface area contributed by atoms with Crippen LogP contribution in [0.25, 0.3) is 0 Å². The van der Waals surface area contributed by atoms with Gasteiger partial charge in [-0.2, -0.15) is 4.98 Å². The number of amides is 2. The fraction of sp³-hybridized carbons (Fsp3) is 0.235. The molecular formula is C17H19N7O2. The molecule has 1 aliphatic rings. The molecule has 0 fully saturated rings. The first kappa shape index (κ1) is 17.3. The molecule has 2 aromatic rings. The molecule has 0 spiro atoms. The molecule has 134 valence electrons. The number of carbonyl (C=O) groups is 2. The van der Waals surface area contributed by atoms with Crippen molar-refractivity contribution in [2.24, 2.45) is 16.5 Å². The second kappa shape index (κ2) is 7.18. The van der Waals surface area contributed by atoms with E-state index in [1.165, 1.54) is 6.20 Å². The average molecular weight is 353 g/mol. The largest absolute Gasteiger partial charge is 0.368 e. The molecule has 9 nitrogen and oxygen atoms in total. The summed E-state index contributed by atoms with van der Waals surface area (Å²) in [5, 5.41) is 5.93. The molecule has 26 heavy (non-hydrogen) atoms. The number of benzene rings is 1. The summed E-state index contributed by atoms with van der Waals surface area (Å²) in [6, 6.07) is 5.10. The van der Waals surface area contributed by atoms with Crippen molar-refractivity contribution < 1.29 is 9.59 Å². The molecule has 2 amide bonds. The van der Waals surface area contributed by atoms with Crippen LogP contribution >= 0.6 is 0 Å². The van der Waals surface area contributed by atoms with Gasteiger partial charge in [-0.25, -0.2) is 4.98 Å². The Hall–Kier alpha value is -3.49. The van der Waals surface area contributed by atoms with E-state index in [4.69, 9.17) is 11.5 Å². The Kier molecular flexibility index (Phi) is 4.78. The van der Waals surface area contributed by atoms with E-state index in [2.05, 4.69) is 25.6 Å². The van der Waals surface area contributed by atoms with E-state index in [0.717, 1.165) is 16.8 Å². The zero-order chi connectivity index (χ0) is 18.7. The second-order valence-electron chi connectivity index (χ2n) is 5.84. The number of primary amides is 2. The summed E-state index contributed by atoms with van der Waals surface area (Å²) in [6.45, 7) is 2.42. The van der Waals surface area contributed by atoms with Crippen LogP contribution in [0, 0.1) is 0 Å². The number of nitrogens with one attached hydrogen (secondary N) is 2. The Morgan fingerprint density at radius 2 is 2.12 bits per heavy atom. The Morgan fingerprint density at radius 3 is 2.81 bits per heavy atom. The van der Waals surface area contributed by atoms with E-state index in [1.54, 1.807) is 0 Å². The molecule has 1 atom stereocenters. The number of nitrogens with zero attached hydrogens (tertiary/aromatic N) is 3. The normalized spacial score (nSPS) is 13.1. The third-order valence-electron chi connectivity index (χ3n) is 4.01. The van der Waals surface area contributed by atoms with E-state index in [9.17, 15) is 9.59 Å². The van der Waals surface area contributed by atoms with Crippen molar-refractivity contribution in [3.8, 4) is 0 Å². The first-order valence-electron chi connectivity index (χ1n) is 8.10. The molecule has 6 N–H and O–H groups in total. The average Bonchev–Trinajstić information content (AvgIpc) is 3.07. The molecule has 0 bridgehead atoms. The molecule has 0 saturated carbocycles. The highest BCUT2D eigenvalue weighted by Gasteiger charge is 2.17. The van der Waals surface area contributed by atoms with Crippen LogP contribution < -0.4 is 22.1 Å². The van der Waals surface area contributed by atoms with Crippen LogP contribution in [0.5, 0.6) is 0 Å². The van der Waals surface area contributed by atoms with Crippen LogP contribution in [-0.4, -0.2) is 34.0 Å². The van der Waals surface area contributed by atoms with E-state index in [0.29, 0.717) is 13.0 Å². The standard InChI is InChI=1S/C17H19N7O2/c1-2-13(15(19)26)23-17-21-8-12(14(18)25)16(24-17)22-11-4-3-9-6-20-7-10(9)5-11/h3-6,8,13H,2,7H2,1H3,(H2,18,25)(H2,19,26)(H2,21,22,23,24)/t13-/m1/s1. The molecule has 0 unspecified atom stereocenters. The zero-order valence-electron chi connectivity index (χ0n) is 14.2. The van der Waals surface area contributed by atoms with Crippen molar-refractivity contribution in [1.82, 2.24) is 9.97 Å². The number of carbonyl (C=O) groups excluding carboxylic acids is 2. The summed E-state index contributed by atoms with van der Waals surface area (Å²) in [7, 11) is 0. The Labute approximate surface area is 149 Å². The Bertz CT molecular complexity index is 895. The summed E-state index contributed by atoms with van der Waals surface area (Å²) in [6.07, 6.45) is 3.60. The molecule has 0 saturated heterocycles. The number of aliphatic imine (C=N–C) groups is 1. The maximum Gasteiger partial charge on any atom is 0.254 e. The van der Waals surface area contributed by atoms with Crippen molar-refractivity contribution >= 4 is 35.5 Å². The number of rotatable bonds is 7. The summed E-state index contributed by atoms with van der Waals surface area (Å²) in [4.78, 5) is 35.6. The zero-order valence-corrected chi connectivity index (χ0v) is 14.2. The maximum atomic E-state index is 11.7. The van der Waals surface area contributed by atoms with Gasteiger partial charge in [0.1, 0.15) is 17.4 Å². The summed E-state index contributed by atoms with van der Waals surface area (Å²) in [5.74, 6) is -0.755. The van der Waals surface area contributed by atoms with Crippen molar-refractivity contribution in [1.29, 1.82) is 0 Å². The lowest BCUT2D eigenvalue weighted by Crippen LogP contribution is -2.35. The predicted octanol–water partition coefficient (Wildman–Crippen LogP) is 0.927. The van der Waals surface area contributed by atoms with Crippen molar-refractivity contribution in [3.05, 3.63) is 41.1 Å². The van der Waals surface area contributed by atoms with E-state index in [1.807, 2.05) is 31.3 Å². The number of fused-ring (bicyclic) bond motifs is 1. The van der Waals surface area contributed by atoms with Crippen molar-refractivity contribution in [3.63, 3.8) is 0 Å². The number of hydrogen-bond acceptors (Lipinski definition) is 7. The van der Waals surface area contributed by atoms with Crippen LogP contribution in [0.1, 0.15) is 34.8 Å². The van der Waals surface area contributed by atoms with E-state index < -0.39 is 17.9 Å². The first-order valence-corrected chi connectivity index (χ1v) is 8.10. The molecule has 3 rings (SSSR count). The quantitative estimate of drug-likeness (QED) is 0.582. The smallest absolute Gasteiger partial charge is 0.254 e. The highest BCUT2D eigenvalue weighted by atomic mass is 16.1. The van der Waals surface area contributed by atoms with Gasteiger partial charge in [0.05, 0.1) is 6.54 Å². The van der Waals surface area contributed by atoms with Gasteiger partial charge in [-0.15, -0.1) is 0 Å². The molecule has 1 aliphatic heterocycles. The van der Waals surface area contributed by atoms with Crippen LogP contribution in [0.3, 0.4) is 0 Å². The SMILES string of the molecule is CC[C@@H](Nc1ncc(C(N)=O)c(Nc2ccc3c(c2)CN=C3)n1)C(N)=O. The highest BCUT2D eigenvalue weighted by Crippen LogP contribution is 2.24. The lowest BCUT2D eigenvalue weighted by molar-refractivity contribution is -0.118. The van der Waals surface area contributed by atoms with Crippen LogP contribution in [0.2, 0.25) is 0 Å². The number of nitrogens with two attached hydrogens (primary N) is 2. The van der Waals surface area contributed by atoms with Gasteiger partial charge < -0.3 is 22.1 Å².